The van der Waals surface area contributed by atoms with Gasteiger partial charge in [0.1, 0.15) is 17.3 Å². The number of hydrogen-bond acceptors (Lipinski definition) is 3. The molecule has 0 saturated heterocycles. The van der Waals surface area contributed by atoms with Crippen molar-refractivity contribution in [1.29, 1.82) is 0 Å². The van der Waals surface area contributed by atoms with Gasteiger partial charge < -0.3 is 15.0 Å². The molecule has 0 radical (unpaired) electrons. The monoisotopic (exact) mass is 244 g/mol. The van der Waals surface area contributed by atoms with Crippen LogP contribution in [0.4, 0.5) is 14.5 Å². The van der Waals surface area contributed by atoms with E-state index in [2.05, 4.69) is 5.32 Å². The van der Waals surface area contributed by atoms with Crippen LogP contribution in [-0.4, -0.2) is 34.4 Å². The first-order valence-corrected chi connectivity index (χ1v) is 5.42. The fourth-order valence-electron chi connectivity index (χ4n) is 1.63. The number of nitrogens with one attached hydrogen (secondary N) is 1. The number of rotatable bonds is 6. The van der Waals surface area contributed by atoms with Crippen LogP contribution in [0, 0.1) is 11.6 Å². The highest BCUT2D eigenvalue weighted by Crippen LogP contribution is 2.23. The van der Waals surface area contributed by atoms with Crippen molar-refractivity contribution in [3.63, 3.8) is 0 Å². The van der Waals surface area contributed by atoms with Gasteiger partial charge in [0.05, 0.1) is 6.61 Å². The number of halogens is 2. The lowest BCUT2D eigenvalue weighted by molar-refractivity contribution is 0.206. The van der Waals surface area contributed by atoms with Gasteiger partial charge in [0.2, 0.25) is 0 Å². The van der Waals surface area contributed by atoms with Gasteiger partial charge in [-0.3, -0.25) is 0 Å². The van der Waals surface area contributed by atoms with Crippen molar-refractivity contribution in [2.24, 2.45) is 0 Å². The zero-order valence-corrected chi connectivity index (χ0v) is 10.4. The Morgan fingerprint density at radius 3 is 2.35 bits per heavy atom. The molecule has 0 amide bonds. The van der Waals surface area contributed by atoms with Gasteiger partial charge in [0, 0.05) is 27.2 Å². The summed E-state index contributed by atoms with van der Waals surface area (Å²) in [6.45, 7) is 1.30. The molecule has 0 saturated carbocycles. The van der Waals surface area contributed by atoms with E-state index in [0.717, 1.165) is 0 Å². The number of anilines is 1. The lowest BCUT2D eigenvalue weighted by Gasteiger charge is -2.20. The molecule has 96 valence electrons. The lowest BCUT2D eigenvalue weighted by atomic mass is 10.1. The third-order valence-electron chi connectivity index (χ3n) is 2.47. The van der Waals surface area contributed by atoms with E-state index >= 15 is 0 Å². The van der Waals surface area contributed by atoms with Gasteiger partial charge in [0.25, 0.3) is 0 Å². The van der Waals surface area contributed by atoms with Gasteiger partial charge in [-0.2, -0.15) is 0 Å². The maximum absolute atomic E-state index is 13.8. The van der Waals surface area contributed by atoms with Crippen molar-refractivity contribution >= 4 is 5.69 Å². The molecule has 0 unspecified atom stereocenters. The van der Waals surface area contributed by atoms with Gasteiger partial charge >= 0.3 is 0 Å². The topological polar surface area (TPSA) is 24.5 Å². The molecule has 1 aromatic carbocycles. The molecule has 0 aliphatic rings. The van der Waals surface area contributed by atoms with E-state index < -0.39 is 11.6 Å². The molecule has 1 N–H and O–H groups in total. The largest absolute Gasteiger partial charge is 0.383 e. The molecule has 5 heteroatoms. The number of nitrogens with zero attached hydrogens (tertiary/aromatic N) is 1. The Labute approximate surface area is 100 Å². The predicted octanol–water partition coefficient (Wildman–Crippen LogP) is 1.77. The van der Waals surface area contributed by atoms with Gasteiger partial charge in [0.15, 0.2) is 0 Å². The Morgan fingerprint density at radius 1 is 1.29 bits per heavy atom. The maximum Gasteiger partial charge on any atom is 0.149 e. The molecule has 3 nitrogen and oxygen atoms in total. The van der Waals surface area contributed by atoms with Crippen LogP contribution < -0.4 is 10.2 Å². The Balaban J connectivity index is 2.92. The number of benzene rings is 1. The minimum atomic E-state index is -0.547. The highest BCUT2D eigenvalue weighted by atomic mass is 19.1. The van der Waals surface area contributed by atoms with Crippen molar-refractivity contribution in [1.82, 2.24) is 5.32 Å². The van der Waals surface area contributed by atoms with Crippen LogP contribution in [-0.2, 0) is 11.3 Å². The van der Waals surface area contributed by atoms with Crippen LogP contribution in [0.15, 0.2) is 12.1 Å². The highest BCUT2D eigenvalue weighted by Gasteiger charge is 2.14. The van der Waals surface area contributed by atoms with E-state index in [1.54, 1.807) is 21.2 Å². The normalized spacial score (nSPS) is 10.6. The minimum Gasteiger partial charge on any atom is -0.383 e. The summed E-state index contributed by atoms with van der Waals surface area (Å²) >= 11 is 0. The lowest BCUT2D eigenvalue weighted by Crippen LogP contribution is -2.24. The molecule has 0 spiro atoms. The first kappa shape index (κ1) is 13.9. The summed E-state index contributed by atoms with van der Waals surface area (Å²) < 4.78 is 32.4. The molecule has 0 heterocycles. The van der Waals surface area contributed by atoms with Crippen LogP contribution >= 0.6 is 0 Å². The summed E-state index contributed by atoms with van der Waals surface area (Å²) in [7, 11) is 4.92. The first-order chi connectivity index (χ1) is 8.10. The molecule has 0 atom stereocenters. The number of hydrogen-bond donors (Lipinski definition) is 1. The second-order valence-corrected chi connectivity index (χ2v) is 3.85. The van der Waals surface area contributed by atoms with E-state index in [0.29, 0.717) is 25.3 Å². The summed E-state index contributed by atoms with van der Waals surface area (Å²) in [6, 6.07) is 2.69. The van der Waals surface area contributed by atoms with Crippen molar-refractivity contribution in [2.75, 3.05) is 39.3 Å². The highest BCUT2D eigenvalue weighted by molar-refractivity contribution is 5.50. The fraction of sp³-hybridized carbons (Fsp3) is 0.500. The van der Waals surface area contributed by atoms with Gasteiger partial charge in [-0.1, -0.05) is 0 Å². The summed E-state index contributed by atoms with van der Waals surface area (Å²) in [4.78, 5) is 1.51. The predicted molar refractivity (Wildman–Crippen MR) is 64.3 cm³/mol. The van der Waals surface area contributed by atoms with Gasteiger partial charge in [-0.15, -0.1) is 0 Å². The van der Waals surface area contributed by atoms with Crippen molar-refractivity contribution in [3.05, 3.63) is 29.3 Å². The third kappa shape index (κ3) is 3.64. The first-order valence-electron chi connectivity index (χ1n) is 5.42. The zero-order valence-electron chi connectivity index (χ0n) is 10.4. The van der Waals surface area contributed by atoms with Crippen LogP contribution in [0.2, 0.25) is 0 Å². The van der Waals surface area contributed by atoms with Crippen molar-refractivity contribution in [3.8, 4) is 0 Å². The molecule has 0 bridgehead atoms. The third-order valence-corrected chi connectivity index (χ3v) is 2.47. The van der Waals surface area contributed by atoms with E-state index in [1.807, 2.05) is 0 Å². The number of ether oxygens (including phenoxy) is 1. The van der Waals surface area contributed by atoms with Crippen molar-refractivity contribution < 1.29 is 13.5 Å². The Bertz CT molecular complexity index is 349. The maximum atomic E-state index is 13.8. The Morgan fingerprint density at radius 2 is 1.88 bits per heavy atom. The molecule has 0 aromatic heterocycles. The summed E-state index contributed by atoms with van der Waals surface area (Å²) in [5, 5.41) is 2.85. The fourth-order valence-corrected chi connectivity index (χ4v) is 1.63. The van der Waals surface area contributed by atoms with Crippen molar-refractivity contribution in [2.45, 2.75) is 6.54 Å². The van der Waals surface area contributed by atoms with Crippen LogP contribution in [0.1, 0.15) is 5.56 Å². The van der Waals surface area contributed by atoms with Gasteiger partial charge in [-0.25, -0.2) is 8.78 Å². The van der Waals surface area contributed by atoms with E-state index in [1.165, 1.54) is 17.0 Å². The second-order valence-electron chi connectivity index (χ2n) is 3.85. The van der Waals surface area contributed by atoms with Crippen LogP contribution in [0.5, 0.6) is 0 Å². The van der Waals surface area contributed by atoms with Gasteiger partial charge in [-0.05, 0) is 24.7 Å². The van der Waals surface area contributed by atoms with E-state index in [9.17, 15) is 8.78 Å². The quantitative estimate of drug-likeness (QED) is 0.825. The summed E-state index contributed by atoms with van der Waals surface area (Å²) in [5.41, 5.74) is 0.577. The Hall–Kier alpha value is -1.20. The van der Waals surface area contributed by atoms with Crippen LogP contribution in [0.3, 0.4) is 0 Å². The minimum absolute atomic E-state index is 0.0121. The summed E-state index contributed by atoms with van der Waals surface area (Å²) in [5.74, 6) is -1.09. The average Bonchev–Trinajstić information content (AvgIpc) is 2.25. The van der Waals surface area contributed by atoms with Crippen LogP contribution in [0.25, 0.3) is 0 Å². The molecule has 0 aliphatic heterocycles. The smallest absolute Gasteiger partial charge is 0.149 e. The molecule has 1 rings (SSSR count). The second kappa shape index (κ2) is 6.51. The molecule has 17 heavy (non-hydrogen) atoms. The number of methoxy groups -OCH3 is 1. The SMILES string of the molecule is CNCc1cc(F)c(N(C)CCOC)c(F)c1. The molecule has 1 aromatic rings. The van der Waals surface area contributed by atoms with E-state index in [4.69, 9.17) is 4.74 Å². The Kier molecular flexibility index (Phi) is 5.31. The molecular weight excluding hydrogens is 226 g/mol. The summed E-state index contributed by atoms with van der Waals surface area (Å²) in [6.07, 6.45) is 0. The standard InChI is InChI=1S/C12H18F2N2O/c1-15-8-9-6-10(13)12(11(14)7-9)16(2)4-5-17-3/h6-7,15H,4-5,8H2,1-3H3. The molecule has 0 fully saturated rings. The zero-order chi connectivity index (χ0) is 12.8. The average molecular weight is 244 g/mol. The molecule has 0 aliphatic carbocycles. The molecular formula is C12H18F2N2O. The van der Waals surface area contributed by atoms with E-state index in [-0.39, 0.29) is 5.69 Å². The number of likely N-dealkylation sites (N-methyl/N-ethyl adjacent to an activating group) is 1.